The Kier molecular flexibility index (Phi) is 3.10. The predicted molar refractivity (Wildman–Crippen MR) is 47.1 cm³/mol. The standard InChI is InChI=1S/C8H15N3O/c1-3-7-6-8(11(2)10-7)12-5-4-9/h6H,3-5,9H2,1-2H3. The second-order valence-electron chi connectivity index (χ2n) is 2.59. The SMILES string of the molecule is CCc1cc(OCCN)n(C)n1. The van der Waals surface area contributed by atoms with Gasteiger partial charge in [-0.2, -0.15) is 5.10 Å². The fourth-order valence-corrected chi connectivity index (χ4v) is 0.978. The van der Waals surface area contributed by atoms with Crippen molar-refractivity contribution in [1.82, 2.24) is 9.78 Å². The molecule has 1 aromatic rings. The number of hydrogen-bond donors (Lipinski definition) is 1. The highest BCUT2D eigenvalue weighted by molar-refractivity contribution is 5.15. The first-order valence-corrected chi connectivity index (χ1v) is 4.13. The molecule has 2 N–H and O–H groups in total. The number of aromatic nitrogens is 2. The molecule has 4 nitrogen and oxygen atoms in total. The van der Waals surface area contributed by atoms with Crippen LogP contribution in [-0.4, -0.2) is 22.9 Å². The molecular formula is C8H15N3O. The van der Waals surface area contributed by atoms with Crippen molar-refractivity contribution in [1.29, 1.82) is 0 Å². The minimum Gasteiger partial charge on any atom is -0.476 e. The summed E-state index contributed by atoms with van der Waals surface area (Å²) < 4.78 is 7.07. The van der Waals surface area contributed by atoms with E-state index in [0.29, 0.717) is 13.2 Å². The lowest BCUT2D eigenvalue weighted by Gasteiger charge is -2.02. The summed E-state index contributed by atoms with van der Waals surface area (Å²) in [6, 6.07) is 1.94. The summed E-state index contributed by atoms with van der Waals surface area (Å²) in [6.07, 6.45) is 0.930. The van der Waals surface area contributed by atoms with Crippen LogP contribution in [0.1, 0.15) is 12.6 Å². The zero-order chi connectivity index (χ0) is 8.97. The molecule has 0 aliphatic heterocycles. The molecule has 0 fully saturated rings. The van der Waals surface area contributed by atoms with Crippen molar-refractivity contribution in [2.24, 2.45) is 12.8 Å². The Hall–Kier alpha value is -1.03. The maximum Gasteiger partial charge on any atom is 0.211 e. The minimum atomic E-state index is 0.534. The van der Waals surface area contributed by atoms with Crippen LogP contribution >= 0.6 is 0 Å². The number of nitrogens with zero attached hydrogens (tertiary/aromatic N) is 2. The quantitative estimate of drug-likeness (QED) is 0.706. The molecule has 0 aliphatic carbocycles. The molecule has 0 saturated carbocycles. The molecule has 0 aromatic carbocycles. The van der Waals surface area contributed by atoms with E-state index < -0.39 is 0 Å². The molecule has 1 rings (SSSR count). The smallest absolute Gasteiger partial charge is 0.211 e. The maximum atomic E-state index is 5.34. The Morgan fingerprint density at radius 3 is 2.92 bits per heavy atom. The number of hydrogen-bond acceptors (Lipinski definition) is 3. The lowest BCUT2D eigenvalue weighted by Crippen LogP contribution is -2.12. The molecule has 0 amide bonds. The largest absolute Gasteiger partial charge is 0.476 e. The fourth-order valence-electron chi connectivity index (χ4n) is 0.978. The van der Waals surface area contributed by atoms with Gasteiger partial charge in [0.05, 0.1) is 5.69 Å². The number of rotatable bonds is 4. The Bertz CT molecular complexity index is 244. The molecule has 0 aliphatic rings. The molecule has 68 valence electrons. The van der Waals surface area contributed by atoms with Crippen LogP contribution in [0, 0.1) is 0 Å². The second-order valence-corrected chi connectivity index (χ2v) is 2.59. The first-order valence-electron chi connectivity index (χ1n) is 4.13. The van der Waals surface area contributed by atoms with E-state index in [1.807, 2.05) is 13.1 Å². The van der Waals surface area contributed by atoms with Gasteiger partial charge in [0.1, 0.15) is 6.61 Å². The van der Waals surface area contributed by atoms with Crippen LogP contribution in [0.4, 0.5) is 0 Å². The molecule has 0 radical (unpaired) electrons. The lowest BCUT2D eigenvalue weighted by molar-refractivity contribution is 0.299. The Morgan fingerprint density at radius 1 is 1.67 bits per heavy atom. The van der Waals surface area contributed by atoms with Gasteiger partial charge in [-0.3, -0.25) is 0 Å². The lowest BCUT2D eigenvalue weighted by atomic mass is 10.3. The van der Waals surface area contributed by atoms with Crippen LogP contribution in [0.3, 0.4) is 0 Å². The summed E-state index contributed by atoms with van der Waals surface area (Å²) in [7, 11) is 1.87. The highest BCUT2D eigenvalue weighted by atomic mass is 16.5. The van der Waals surface area contributed by atoms with E-state index >= 15 is 0 Å². The zero-order valence-corrected chi connectivity index (χ0v) is 7.58. The van der Waals surface area contributed by atoms with E-state index in [1.54, 1.807) is 4.68 Å². The first kappa shape index (κ1) is 9.06. The number of nitrogens with two attached hydrogens (primary N) is 1. The van der Waals surface area contributed by atoms with Gasteiger partial charge in [-0.15, -0.1) is 0 Å². The van der Waals surface area contributed by atoms with Crippen molar-refractivity contribution in [3.05, 3.63) is 11.8 Å². The van der Waals surface area contributed by atoms with Crippen LogP contribution in [0.5, 0.6) is 5.88 Å². The molecule has 0 spiro atoms. The van der Waals surface area contributed by atoms with E-state index in [9.17, 15) is 0 Å². The molecule has 0 atom stereocenters. The van der Waals surface area contributed by atoms with Crippen molar-refractivity contribution >= 4 is 0 Å². The van der Waals surface area contributed by atoms with E-state index in [-0.39, 0.29) is 0 Å². The van der Waals surface area contributed by atoms with Gasteiger partial charge in [-0.25, -0.2) is 4.68 Å². The first-order chi connectivity index (χ1) is 5.77. The van der Waals surface area contributed by atoms with Crippen molar-refractivity contribution in [3.8, 4) is 5.88 Å². The van der Waals surface area contributed by atoms with Gasteiger partial charge in [0.15, 0.2) is 0 Å². The molecule has 0 unspecified atom stereocenters. The molecule has 0 bridgehead atoms. The minimum absolute atomic E-state index is 0.534. The maximum absolute atomic E-state index is 5.34. The number of aryl methyl sites for hydroxylation is 2. The molecule has 0 saturated heterocycles. The van der Waals surface area contributed by atoms with Crippen molar-refractivity contribution in [3.63, 3.8) is 0 Å². The van der Waals surface area contributed by atoms with E-state index in [1.165, 1.54) is 0 Å². The monoisotopic (exact) mass is 169 g/mol. The highest BCUT2D eigenvalue weighted by Gasteiger charge is 2.02. The van der Waals surface area contributed by atoms with Gasteiger partial charge < -0.3 is 10.5 Å². The van der Waals surface area contributed by atoms with Gasteiger partial charge in [0, 0.05) is 19.7 Å². The average Bonchev–Trinajstić information content (AvgIpc) is 2.43. The van der Waals surface area contributed by atoms with Crippen LogP contribution in [0.2, 0.25) is 0 Å². The Labute approximate surface area is 72.3 Å². The van der Waals surface area contributed by atoms with E-state index in [4.69, 9.17) is 10.5 Å². The fraction of sp³-hybridized carbons (Fsp3) is 0.625. The van der Waals surface area contributed by atoms with Crippen molar-refractivity contribution in [2.45, 2.75) is 13.3 Å². The van der Waals surface area contributed by atoms with Crippen LogP contribution in [0.15, 0.2) is 6.07 Å². The van der Waals surface area contributed by atoms with Crippen LogP contribution in [-0.2, 0) is 13.5 Å². The van der Waals surface area contributed by atoms with Gasteiger partial charge >= 0.3 is 0 Å². The second kappa shape index (κ2) is 4.11. The average molecular weight is 169 g/mol. The third-order valence-corrected chi connectivity index (χ3v) is 1.62. The molecular weight excluding hydrogens is 154 g/mol. The molecule has 12 heavy (non-hydrogen) atoms. The normalized spacial score (nSPS) is 10.2. The molecule has 4 heteroatoms. The Balaban J connectivity index is 2.64. The van der Waals surface area contributed by atoms with Crippen LogP contribution < -0.4 is 10.5 Å². The van der Waals surface area contributed by atoms with Gasteiger partial charge in [-0.1, -0.05) is 6.92 Å². The van der Waals surface area contributed by atoms with Crippen molar-refractivity contribution in [2.75, 3.05) is 13.2 Å². The van der Waals surface area contributed by atoms with Gasteiger partial charge in [0.2, 0.25) is 5.88 Å². The van der Waals surface area contributed by atoms with E-state index in [2.05, 4.69) is 12.0 Å². The zero-order valence-electron chi connectivity index (χ0n) is 7.58. The summed E-state index contributed by atoms with van der Waals surface area (Å²) in [6.45, 7) is 3.14. The summed E-state index contributed by atoms with van der Waals surface area (Å²) >= 11 is 0. The molecule has 1 heterocycles. The van der Waals surface area contributed by atoms with Crippen LogP contribution in [0.25, 0.3) is 0 Å². The van der Waals surface area contributed by atoms with Crippen molar-refractivity contribution < 1.29 is 4.74 Å². The summed E-state index contributed by atoms with van der Waals surface area (Å²) in [4.78, 5) is 0. The summed E-state index contributed by atoms with van der Waals surface area (Å²) in [5.41, 5.74) is 6.36. The molecule has 1 aromatic heterocycles. The topological polar surface area (TPSA) is 53.1 Å². The number of ether oxygens (including phenoxy) is 1. The summed E-state index contributed by atoms with van der Waals surface area (Å²) in [5, 5.41) is 4.23. The third kappa shape index (κ3) is 1.98. The predicted octanol–water partition coefficient (Wildman–Crippen LogP) is 0.320. The highest BCUT2D eigenvalue weighted by Crippen LogP contribution is 2.11. The summed E-state index contributed by atoms with van der Waals surface area (Å²) in [5.74, 6) is 0.789. The van der Waals surface area contributed by atoms with E-state index in [0.717, 1.165) is 18.0 Å². The van der Waals surface area contributed by atoms with Gasteiger partial charge in [0.25, 0.3) is 0 Å². The third-order valence-electron chi connectivity index (χ3n) is 1.62. The Morgan fingerprint density at radius 2 is 2.42 bits per heavy atom. The van der Waals surface area contributed by atoms with Gasteiger partial charge in [-0.05, 0) is 6.42 Å².